The van der Waals surface area contributed by atoms with Gasteiger partial charge in [-0.25, -0.2) is 9.18 Å². The van der Waals surface area contributed by atoms with Crippen molar-refractivity contribution in [3.63, 3.8) is 0 Å². The first-order valence-corrected chi connectivity index (χ1v) is 9.03. The van der Waals surface area contributed by atoms with Crippen LogP contribution in [0, 0.1) is 5.82 Å². The van der Waals surface area contributed by atoms with Crippen LogP contribution in [0.3, 0.4) is 0 Å². The maximum Gasteiger partial charge on any atom is 0.325 e. The number of anilines is 1. The summed E-state index contributed by atoms with van der Waals surface area (Å²) >= 11 is 9.01. The average molecular weight is 455 g/mol. The number of amides is 4. The fraction of sp³-hybridized carbons (Fsp3) is 0.167. The molecule has 3 rings (SSSR count). The summed E-state index contributed by atoms with van der Waals surface area (Å²) in [4.78, 5) is 38.2. The fourth-order valence-electron chi connectivity index (χ4n) is 2.75. The monoisotopic (exact) mass is 453 g/mol. The van der Waals surface area contributed by atoms with Crippen molar-refractivity contribution in [3.05, 3.63) is 63.3 Å². The first kappa shape index (κ1) is 19.3. The van der Waals surface area contributed by atoms with E-state index in [2.05, 4.69) is 26.6 Å². The maximum atomic E-state index is 13.2. The minimum atomic E-state index is -1.28. The molecule has 6 nitrogen and oxygen atoms in total. The van der Waals surface area contributed by atoms with E-state index >= 15 is 0 Å². The number of halogens is 3. The summed E-state index contributed by atoms with van der Waals surface area (Å²) < 4.78 is 13.9. The lowest BCUT2D eigenvalue weighted by molar-refractivity contribution is -0.133. The molecule has 2 aromatic carbocycles. The van der Waals surface area contributed by atoms with Crippen molar-refractivity contribution >= 4 is 51.1 Å². The Morgan fingerprint density at radius 3 is 2.70 bits per heavy atom. The standard InChI is InChI=1S/C18H14BrClFN3O3/c1-18(10-3-2-4-11(19)7-10)16(26)24(17(27)23-18)9-15(25)22-12-5-6-14(21)13(20)8-12/h2-8H,9H2,1H3,(H,22,25)(H,23,27)/t18-/m1/s1. The third-order valence-corrected chi connectivity index (χ3v) is 4.96. The van der Waals surface area contributed by atoms with Crippen molar-refractivity contribution in [3.8, 4) is 0 Å². The molecule has 9 heteroatoms. The van der Waals surface area contributed by atoms with Gasteiger partial charge in [-0.2, -0.15) is 0 Å². The predicted molar refractivity (Wildman–Crippen MR) is 102 cm³/mol. The number of hydrogen-bond acceptors (Lipinski definition) is 3. The lowest BCUT2D eigenvalue weighted by Crippen LogP contribution is -2.42. The number of rotatable bonds is 4. The second-order valence-corrected chi connectivity index (χ2v) is 7.46. The van der Waals surface area contributed by atoms with E-state index in [4.69, 9.17) is 11.6 Å². The number of nitrogens with one attached hydrogen (secondary N) is 2. The van der Waals surface area contributed by atoms with E-state index in [1.54, 1.807) is 31.2 Å². The molecule has 0 aliphatic carbocycles. The Morgan fingerprint density at radius 2 is 2.04 bits per heavy atom. The molecular formula is C18H14BrClFN3O3. The molecule has 1 atom stereocenters. The molecule has 140 valence electrons. The van der Waals surface area contributed by atoms with Gasteiger partial charge in [0.1, 0.15) is 17.9 Å². The summed E-state index contributed by atoms with van der Waals surface area (Å²) in [5, 5.41) is 4.96. The van der Waals surface area contributed by atoms with Gasteiger partial charge in [0.25, 0.3) is 5.91 Å². The Hall–Kier alpha value is -2.45. The van der Waals surface area contributed by atoms with Crippen LogP contribution in [0.5, 0.6) is 0 Å². The summed E-state index contributed by atoms with van der Waals surface area (Å²) in [5.74, 6) is -1.77. The molecule has 0 saturated carbocycles. The van der Waals surface area contributed by atoms with Gasteiger partial charge in [0, 0.05) is 10.2 Å². The van der Waals surface area contributed by atoms with E-state index in [0.29, 0.717) is 5.56 Å². The molecule has 0 radical (unpaired) electrons. The molecule has 0 spiro atoms. The molecule has 4 amide bonds. The third kappa shape index (κ3) is 3.81. The molecule has 0 bridgehead atoms. The number of hydrogen-bond donors (Lipinski definition) is 2. The van der Waals surface area contributed by atoms with E-state index in [-0.39, 0.29) is 10.7 Å². The predicted octanol–water partition coefficient (Wildman–Crippen LogP) is 3.65. The Balaban J connectivity index is 1.75. The van der Waals surface area contributed by atoms with Crippen LogP contribution in [0.1, 0.15) is 12.5 Å². The average Bonchev–Trinajstić information content (AvgIpc) is 2.82. The molecule has 1 aliphatic rings. The fourth-order valence-corrected chi connectivity index (χ4v) is 3.33. The summed E-state index contributed by atoms with van der Waals surface area (Å²) in [7, 11) is 0. The highest BCUT2D eigenvalue weighted by Crippen LogP contribution is 2.30. The van der Waals surface area contributed by atoms with Gasteiger partial charge in [-0.15, -0.1) is 0 Å². The van der Waals surface area contributed by atoms with E-state index in [9.17, 15) is 18.8 Å². The van der Waals surface area contributed by atoms with Crippen LogP contribution in [-0.2, 0) is 15.1 Å². The van der Waals surface area contributed by atoms with E-state index in [1.165, 1.54) is 12.1 Å². The van der Waals surface area contributed by atoms with Crippen LogP contribution in [0.25, 0.3) is 0 Å². The summed E-state index contributed by atoms with van der Waals surface area (Å²) in [6.07, 6.45) is 0. The summed E-state index contributed by atoms with van der Waals surface area (Å²) in [6, 6.07) is 9.99. The largest absolute Gasteiger partial charge is 0.325 e. The molecule has 0 aromatic heterocycles. The molecule has 1 saturated heterocycles. The van der Waals surface area contributed by atoms with E-state index in [1.807, 2.05) is 0 Å². The Bertz CT molecular complexity index is 955. The zero-order valence-corrected chi connectivity index (χ0v) is 16.4. The molecule has 1 aliphatic heterocycles. The zero-order chi connectivity index (χ0) is 19.8. The lowest BCUT2D eigenvalue weighted by Gasteiger charge is -2.22. The maximum absolute atomic E-state index is 13.2. The van der Waals surface area contributed by atoms with Crippen LogP contribution in [0.15, 0.2) is 46.9 Å². The van der Waals surface area contributed by atoms with Crippen LogP contribution in [0.4, 0.5) is 14.9 Å². The minimum absolute atomic E-state index is 0.148. The molecular weight excluding hydrogens is 441 g/mol. The minimum Gasteiger partial charge on any atom is -0.324 e. The van der Waals surface area contributed by atoms with Crippen molar-refractivity contribution in [2.45, 2.75) is 12.5 Å². The van der Waals surface area contributed by atoms with E-state index < -0.39 is 35.7 Å². The van der Waals surface area contributed by atoms with Crippen molar-refractivity contribution in [1.82, 2.24) is 10.2 Å². The van der Waals surface area contributed by atoms with Gasteiger partial charge < -0.3 is 10.6 Å². The van der Waals surface area contributed by atoms with E-state index in [0.717, 1.165) is 15.4 Å². The molecule has 0 unspecified atom stereocenters. The van der Waals surface area contributed by atoms with Gasteiger partial charge in [-0.3, -0.25) is 14.5 Å². The summed E-state index contributed by atoms with van der Waals surface area (Å²) in [5.41, 5.74) is -0.433. The Morgan fingerprint density at radius 1 is 1.30 bits per heavy atom. The summed E-state index contributed by atoms with van der Waals surface area (Å²) in [6.45, 7) is 1.09. The van der Waals surface area contributed by atoms with Crippen LogP contribution in [-0.4, -0.2) is 29.3 Å². The first-order valence-electron chi connectivity index (χ1n) is 7.86. The second-order valence-electron chi connectivity index (χ2n) is 6.13. The zero-order valence-electron chi connectivity index (χ0n) is 14.1. The van der Waals surface area contributed by atoms with Gasteiger partial charge in [-0.05, 0) is 42.8 Å². The number of imide groups is 1. The van der Waals surface area contributed by atoms with Gasteiger partial charge in [0.05, 0.1) is 5.02 Å². The second kappa shape index (κ2) is 7.28. The number of benzene rings is 2. The number of urea groups is 1. The Kier molecular flexibility index (Phi) is 5.21. The van der Waals surface area contributed by atoms with Crippen molar-refractivity contribution in [2.75, 3.05) is 11.9 Å². The normalized spacial score (nSPS) is 19.2. The smallest absolute Gasteiger partial charge is 0.324 e. The molecule has 2 aromatic rings. The van der Waals surface area contributed by atoms with Crippen LogP contribution >= 0.6 is 27.5 Å². The van der Waals surface area contributed by atoms with Crippen molar-refractivity contribution < 1.29 is 18.8 Å². The molecule has 1 heterocycles. The van der Waals surface area contributed by atoms with Gasteiger partial charge in [0.2, 0.25) is 5.91 Å². The van der Waals surface area contributed by atoms with Gasteiger partial charge >= 0.3 is 6.03 Å². The Labute approximate surface area is 167 Å². The van der Waals surface area contributed by atoms with Crippen LogP contribution < -0.4 is 10.6 Å². The molecule has 2 N–H and O–H groups in total. The lowest BCUT2D eigenvalue weighted by atomic mass is 9.92. The third-order valence-electron chi connectivity index (χ3n) is 4.18. The molecule has 1 fully saturated rings. The van der Waals surface area contributed by atoms with Crippen molar-refractivity contribution in [1.29, 1.82) is 0 Å². The SMILES string of the molecule is C[C@]1(c2cccc(Br)c2)NC(=O)N(CC(=O)Nc2ccc(F)c(Cl)c2)C1=O. The highest BCUT2D eigenvalue weighted by Gasteiger charge is 2.49. The number of carbonyl (C=O) groups excluding carboxylic acids is 3. The molecule has 27 heavy (non-hydrogen) atoms. The van der Waals surface area contributed by atoms with Crippen LogP contribution in [0.2, 0.25) is 5.02 Å². The first-order chi connectivity index (χ1) is 12.7. The highest BCUT2D eigenvalue weighted by atomic mass is 79.9. The number of carbonyl (C=O) groups is 3. The highest BCUT2D eigenvalue weighted by molar-refractivity contribution is 9.10. The quantitative estimate of drug-likeness (QED) is 0.692. The number of nitrogens with zero attached hydrogens (tertiary/aromatic N) is 1. The van der Waals surface area contributed by atoms with Crippen molar-refractivity contribution in [2.24, 2.45) is 0 Å². The van der Waals surface area contributed by atoms with Gasteiger partial charge in [-0.1, -0.05) is 39.7 Å². The topological polar surface area (TPSA) is 78.5 Å². The van der Waals surface area contributed by atoms with Gasteiger partial charge in [0.15, 0.2) is 0 Å².